The van der Waals surface area contributed by atoms with E-state index < -0.39 is 0 Å². The van der Waals surface area contributed by atoms with Gasteiger partial charge in [-0.2, -0.15) is 0 Å². The lowest BCUT2D eigenvalue weighted by Crippen LogP contribution is -2.30. The molecular formula is C16H20N4O2S. The normalized spacial score (nSPS) is 10.2. The standard InChI is InChI=1S/C16H20N4O2S/c1-4-14(21)19-13-6-5-12(9-11(13)2)18-16(22)20(3)10-15-17-7-8-23-15/h5-9H,4,10H2,1-3H3,(H,18,22)(H,19,21). The number of rotatable bonds is 5. The summed E-state index contributed by atoms with van der Waals surface area (Å²) >= 11 is 1.51. The Morgan fingerprint density at radius 3 is 2.70 bits per heavy atom. The third-order valence-electron chi connectivity index (χ3n) is 3.28. The molecule has 0 unspecified atom stereocenters. The maximum Gasteiger partial charge on any atom is 0.321 e. The minimum atomic E-state index is -0.204. The van der Waals surface area contributed by atoms with Gasteiger partial charge < -0.3 is 15.5 Å². The Hall–Kier alpha value is -2.41. The quantitative estimate of drug-likeness (QED) is 0.880. The summed E-state index contributed by atoms with van der Waals surface area (Å²) in [5, 5.41) is 8.43. The molecule has 2 N–H and O–H groups in total. The molecule has 2 aromatic rings. The van der Waals surface area contributed by atoms with Crippen molar-refractivity contribution in [2.75, 3.05) is 17.7 Å². The number of urea groups is 1. The van der Waals surface area contributed by atoms with Crippen molar-refractivity contribution in [2.24, 2.45) is 0 Å². The first-order chi connectivity index (χ1) is 11.0. The van der Waals surface area contributed by atoms with Crippen LogP contribution in [0, 0.1) is 6.92 Å². The Bertz CT molecular complexity index is 685. The van der Waals surface area contributed by atoms with Crippen molar-refractivity contribution in [3.63, 3.8) is 0 Å². The van der Waals surface area contributed by atoms with Gasteiger partial charge in [-0.25, -0.2) is 9.78 Å². The average Bonchev–Trinajstić information content (AvgIpc) is 3.02. The zero-order valence-electron chi connectivity index (χ0n) is 13.4. The number of aryl methyl sites for hydroxylation is 1. The van der Waals surface area contributed by atoms with Gasteiger partial charge in [0.05, 0.1) is 6.54 Å². The smallest absolute Gasteiger partial charge is 0.321 e. The molecule has 2 rings (SSSR count). The van der Waals surface area contributed by atoms with Gasteiger partial charge in [0.15, 0.2) is 0 Å². The summed E-state index contributed by atoms with van der Waals surface area (Å²) in [6.45, 7) is 4.16. The fourth-order valence-electron chi connectivity index (χ4n) is 1.94. The number of amides is 3. The molecule has 0 aliphatic heterocycles. The summed E-state index contributed by atoms with van der Waals surface area (Å²) in [5.74, 6) is -0.0342. The maximum absolute atomic E-state index is 12.2. The summed E-state index contributed by atoms with van der Waals surface area (Å²) in [4.78, 5) is 29.4. The molecule has 0 bridgehead atoms. The number of hydrogen-bond donors (Lipinski definition) is 2. The molecule has 7 heteroatoms. The van der Waals surface area contributed by atoms with Crippen LogP contribution in [0.3, 0.4) is 0 Å². The molecule has 0 aliphatic rings. The third-order valence-corrected chi connectivity index (χ3v) is 4.04. The molecule has 0 fully saturated rings. The van der Waals surface area contributed by atoms with Gasteiger partial charge in [0, 0.05) is 36.4 Å². The summed E-state index contributed by atoms with van der Waals surface area (Å²) in [6, 6.07) is 5.19. The van der Waals surface area contributed by atoms with Crippen LogP contribution in [0.4, 0.5) is 16.2 Å². The summed E-state index contributed by atoms with van der Waals surface area (Å²) < 4.78 is 0. The van der Waals surface area contributed by atoms with Gasteiger partial charge in [-0.3, -0.25) is 4.79 Å². The van der Waals surface area contributed by atoms with Crippen LogP contribution in [0.15, 0.2) is 29.8 Å². The molecule has 0 radical (unpaired) electrons. The van der Waals surface area contributed by atoms with E-state index in [4.69, 9.17) is 0 Å². The van der Waals surface area contributed by atoms with Gasteiger partial charge in [0.1, 0.15) is 5.01 Å². The van der Waals surface area contributed by atoms with Gasteiger partial charge in [0.25, 0.3) is 0 Å². The van der Waals surface area contributed by atoms with E-state index in [1.807, 2.05) is 18.4 Å². The molecule has 1 heterocycles. The van der Waals surface area contributed by atoms with Crippen molar-refractivity contribution >= 4 is 34.6 Å². The van der Waals surface area contributed by atoms with Crippen LogP contribution in [0.1, 0.15) is 23.9 Å². The number of benzene rings is 1. The predicted molar refractivity (Wildman–Crippen MR) is 92.7 cm³/mol. The van der Waals surface area contributed by atoms with Crippen molar-refractivity contribution in [1.29, 1.82) is 0 Å². The summed E-state index contributed by atoms with van der Waals surface area (Å²) in [7, 11) is 1.72. The van der Waals surface area contributed by atoms with Crippen LogP contribution >= 0.6 is 11.3 Å². The van der Waals surface area contributed by atoms with Crippen molar-refractivity contribution in [3.05, 3.63) is 40.3 Å². The molecule has 0 aliphatic carbocycles. The summed E-state index contributed by atoms with van der Waals surface area (Å²) in [6.07, 6.45) is 2.15. The lowest BCUT2D eigenvalue weighted by molar-refractivity contribution is -0.115. The van der Waals surface area contributed by atoms with Gasteiger partial charge >= 0.3 is 6.03 Å². The number of hydrogen-bond acceptors (Lipinski definition) is 4. The molecule has 0 atom stereocenters. The number of nitrogens with one attached hydrogen (secondary N) is 2. The minimum Gasteiger partial charge on any atom is -0.326 e. The van der Waals surface area contributed by atoms with Crippen molar-refractivity contribution in [3.8, 4) is 0 Å². The average molecular weight is 332 g/mol. The second kappa shape index (κ2) is 7.73. The first-order valence-corrected chi connectivity index (χ1v) is 8.18. The molecule has 1 aromatic heterocycles. The van der Waals surface area contributed by atoms with E-state index in [0.717, 1.165) is 16.3 Å². The number of aromatic nitrogens is 1. The third kappa shape index (κ3) is 4.79. The van der Waals surface area contributed by atoms with E-state index in [2.05, 4.69) is 15.6 Å². The van der Waals surface area contributed by atoms with Crippen LogP contribution < -0.4 is 10.6 Å². The molecule has 0 saturated carbocycles. The lowest BCUT2D eigenvalue weighted by Gasteiger charge is -2.17. The Morgan fingerprint density at radius 1 is 1.30 bits per heavy atom. The van der Waals surface area contributed by atoms with Crippen molar-refractivity contribution in [2.45, 2.75) is 26.8 Å². The van der Waals surface area contributed by atoms with E-state index >= 15 is 0 Å². The topological polar surface area (TPSA) is 74.3 Å². The van der Waals surface area contributed by atoms with E-state index in [1.54, 1.807) is 37.2 Å². The SMILES string of the molecule is CCC(=O)Nc1ccc(NC(=O)N(C)Cc2nccs2)cc1C. The van der Waals surface area contributed by atoms with Gasteiger partial charge in [-0.1, -0.05) is 6.92 Å². The lowest BCUT2D eigenvalue weighted by atomic mass is 10.1. The Morgan fingerprint density at radius 2 is 2.09 bits per heavy atom. The first kappa shape index (κ1) is 17.0. The van der Waals surface area contributed by atoms with Crippen LogP contribution in [-0.2, 0) is 11.3 Å². The Kier molecular flexibility index (Phi) is 5.70. The number of carbonyl (C=O) groups is 2. The second-order valence-corrected chi connectivity index (χ2v) is 6.12. The molecule has 6 nitrogen and oxygen atoms in total. The molecule has 122 valence electrons. The highest BCUT2D eigenvalue weighted by Gasteiger charge is 2.11. The summed E-state index contributed by atoms with van der Waals surface area (Å²) in [5.41, 5.74) is 2.34. The molecule has 1 aromatic carbocycles. The van der Waals surface area contributed by atoms with Gasteiger partial charge in [-0.15, -0.1) is 11.3 Å². The zero-order valence-corrected chi connectivity index (χ0v) is 14.2. The van der Waals surface area contributed by atoms with Gasteiger partial charge in [0.2, 0.25) is 5.91 Å². The monoisotopic (exact) mass is 332 g/mol. The molecule has 3 amide bonds. The highest BCUT2D eigenvalue weighted by molar-refractivity contribution is 7.09. The molecule has 0 saturated heterocycles. The number of nitrogens with zero attached hydrogens (tertiary/aromatic N) is 2. The Labute approximate surface area is 139 Å². The van der Waals surface area contributed by atoms with Gasteiger partial charge in [-0.05, 0) is 30.7 Å². The highest BCUT2D eigenvalue weighted by Crippen LogP contribution is 2.20. The van der Waals surface area contributed by atoms with Crippen molar-refractivity contribution in [1.82, 2.24) is 9.88 Å². The van der Waals surface area contributed by atoms with Crippen LogP contribution in [0.25, 0.3) is 0 Å². The molecular weight excluding hydrogens is 312 g/mol. The minimum absolute atomic E-state index is 0.0342. The van der Waals surface area contributed by atoms with E-state index in [-0.39, 0.29) is 11.9 Å². The second-order valence-electron chi connectivity index (χ2n) is 5.14. The fraction of sp³-hybridized carbons (Fsp3) is 0.312. The fourth-order valence-corrected chi connectivity index (χ4v) is 2.61. The number of anilines is 2. The van der Waals surface area contributed by atoms with Crippen LogP contribution in [0.5, 0.6) is 0 Å². The van der Waals surface area contributed by atoms with Crippen molar-refractivity contribution < 1.29 is 9.59 Å². The van der Waals surface area contributed by atoms with Crippen LogP contribution in [-0.4, -0.2) is 28.9 Å². The van der Waals surface area contributed by atoms with E-state index in [0.29, 0.717) is 18.7 Å². The number of thiazole rings is 1. The predicted octanol–water partition coefficient (Wildman–Crippen LogP) is 3.46. The Balaban J connectivity index is 1.98. The molecule has 23 heavy (non-hydrogen) atoms. The largest absolute Gasteiger partial charge is 0.326 e. The highest BCUT2D eigenvalue weighted by atomic mass is 32.1. The number of carbonyl (C=O) groups excluding carboxylic acids is 2. The van der Waals surface area contributed by atoms with E-state index in [1.165, 1.54) is 11.3 Å². The van der Waals surface area contributed by atoms with E-state index in [9.17, 15) is 9.59 Å². The first-order valence-electron chi connectivity index (χ1n) is 7.30. The molecule has 0 spiro atoms. The maximum atomic E-state index is 12.2. The van der Waals surface area contributed by atoms with Crippen LogP contribution in [0.2, 0.25) is 0 Å². The zero-order chi connectivity index (χ0) is 16.8.